The van der Waals surface area contributed by atoms with Crippen LogP contribution in [0.5, 0.6) is 0 Å². The number of para-hydroxylation sites is 1. The van der Waals surface area contributed by atoms with Crippen molar-refractivity contribution in [2.75, 3.05) is 0 Å². The molecule has 11 aromatic rings. The standard InChI is InChI=1S/C53H33N3O/c1-3-14-34(15-4-1)36-26-29-38(30-27-36)51-54-52(46-23-12-9-20-41(46)37-17-5-2-6-18-37)56-53(55-51)48-33-47-45-25-13-24-42(40-31-28-35-16-7-8-19-39(35)32-40)49(45)57-50(47)44-22-11-10-21-43(44)48/h1-33H. The summed E-state index contributed by atoms with van der Waals surface area (Å²) in [5.74, 6) is 1.82. The van der Waals surface area contributed by atoms with Crippen molar-refractivity contribution in [3.8, 4) is 67.5 Å². The number of fused-ring (bicyclic) bond motifs is 6. The van der Waals surface area contributed by atoms with Gasteiger partial charge in [-0.15, -0.1) is 0 Å². The molecule has 0 atom stereocenters. The number of furan rings is 1. The van der Waals surface area contributed by atoms with Gasteiger partial charge in [0, 0.05) is 38.4 Å². The van der Waals surface area contributed by atoms with Gasteiger partial charge in [0.1, 0.15) is 11.2 Å². The van der Waals surface area contributed by atoms with Crippen molar-refractivity contribution >= 4 is 43.5 Å². The number of benzene rings is 9. The van der Waals surface area contributed by atoms with E-state index in [9.17, 15) is 0 Å². The predicted octanol–water partition coefficient (Wildman–Crippen LogP) is 14.1. The van der Waals surface area contributed by atoms with Gasteiger partial charge in [0.05, 0.1) is 0 Å². The molecule has 0 aliphatic rings. The Hall–Kier alpha value is -7.69. The highest BCUT2D eigenvalue weighted by Crippen LogP contribution is 2.43. The second-order valence-corrected chi connectivity index (χ2v) is 14.4. The summed E-state index contributed by atoms with van der Waals surface area (Å²) < 4.78 is 6.90. The molecule has 0 radical (unpaired) electrons. The van der Waals surface area contributed by atoms with Gasteiger partial charge in [0.2, 0.25) is 0 Å². The van der Waals surface area contributed by atoms with Crippen LogP contribution in [-0.4, -0.2) is 15.0 Å². The van der Waals surface area contributed by atoms with Crippen molar-refractivity contribution in [2.45, 2.75) is 0 Å². The Morgan fingerprint density at radius 2 is 0.789 bits per heavy atom. The van der Waals surface area contributed by atoms with E-state index in [1.165, 1.54) is 10.8 Å². The molecule has 2 aromatic heterocycles. The summed E-state index contributed by atoms with van der Waals surface area (Å²) in [4.78, 5) is 15.8. The minimum absolute atomic E-state index is 0.600. The fraction of sp³-hybridized carbons (Fsp3) is 0. The molecular weight excluding hydrogens is 695 g/mol. The molecule has 57 heavy (non-hydrogen) atoms. The van der Waals surface area contributed by atoms with Gasteiger partial charge in [0.15, 0.2) is 17.5 Å². The number of hydrogen-bond donors (Lipinski definition) is 0. The maximum atomic E-state index is 6.90. The van der Waals surface area contributed by atoms with Crippen molar-refractivity contribution < 1.29 is 4.42 Å². The molecule has 0 unspecified atom stereocenters. The van der Waals surface area contributed by atoms with Crippen molar-refractivity contribution in [2.24, 2.45) is 0 Å². The van der Waals surface area contributed by atoms with E-state index in [2.05, 4.69) is 182 Å². The van der Waals surface area contributed by atoms with Gasteiger partial charge < -0.3 is 4.42 Å². The molecule has 9 aromatic carbocycles. The van der Waals surface area contributed by atoms with Gasteiger partial charge in [0.25, 0.3) is 0 Å². The monoisotopic (exact) mass is 727 g/mol. The molecule has 0 saturated carbocycles. The van der Waals surface area contributed by atoms with E-state index in [1.807, 2.05) is 18.2 Å². The fourth-order valence-corrected chi connectivity index (χ4v) is 8.12. The average Bonchev–Trinajstić information content (AvgIpc) is 3.68. The molecule has 0 aliphatic heterocycles. The molecule has 0 N–H and O–H groups in total. The van der Waals surface area contributed by atoms with Crippen LogP contribution in [0.4, 0.5) is 0 Å². The van der Waals surface area contributed by atoms with E-state index in [0.717, 1.165) is 82.8 Å². The highest BCUT2D eigenvalue weighted by Gasteiger charge is 2.21. The van der Waals surface area contributed by atoms with Crippen LogP contribution in [0.1, 0.15) is 0 Å². The predicted molar refractivity (Wildman–Crippen MR) is 235 cm³/mol. The zero-order chi connectivity index (χ0) is 37.7. The molecule has 0 saturated heterocycles. The Kier molecular flexibility index (Phi) is 7.78. The summed E-state index contributed by atoms with van der Waals surface area (Å²) in [5, 5.41) is 6.48. The first-order valence-corrected chi connectivity index (χ1v) is 19.2. The van der Waals surface area contributed by atoms with Crippen molar-refractivity contribution in [1.29, 1.82) is 0 Å². The maximum Gasteiger partial charge on any atom is 0.164 e. The first kappa shape index (κ1) is 32.7. The van der Waals surface area contributed by atoms with Gasteiger partial charge >= 0.3 is 0 Å². The number of hydrogen-bond acceptors (Lipinski definition) is 4. The van der Waals surface area contributed by atoms with Crippen LogP contribution in [0.25, 0.3) is 111 Å². The topological polar surface area (TPSA) is 51.8 Å². The SMILES string of the molecule is c1ccc(-c2ccc(-c3nc(-c4ccccc4-c4ccccc4)nc(-c4cc5c6cccc(-c7ccc8ccccc8c7)c6oc5c5ccccc45)n3)cc2)cc1. The molecule has 266 valence electrons. The third-order valence-corrected chi connectivity index (χ3v) is 10.9. The van der Waals surface area contributed by atoms with E-state index in [0.29, 0.717) is 17.5 Å². The normalized spacial score (nSPS) is 11.5. The molecule has 11 rings (SSSR count). The van der Waals surface area contributed by atoms with Crippen LogP contribution in [-0.2, 0) is 0 Å². The lowest BCUT2D eigenvalue weighted by atomic mass is 9.97. The van der Waals surface area contributed by atoms with Crippen LogP contribution in [0.2, 0.25) is 0 Å². The van der Waals surface area contributed by atoms with Crippen LogP contribution >= 0.6 is 0 Å². The highest BCUT2D eigenvalue weighted by atomic mass is 16.3. The molecular formula is C53H33N3O. The molecule has 0 bridgehead atoms. The molecule has 4 heteroatoms. The average molecular weight is 728 g/mol. The first-order chi connectivity index (χ1) is 28.2. The van der Waals surface area contributed by atoms with Crippen molar-refractivity contribution in [1.82, 2.24) is 15.0 Å². The minimum Gasteiger partial charge on any atom is -0.455 e. The Labute approximate surface area is 329 Å². The van der Waals surface area contributed by atoms with Gasteiger partial charge in [-0.2, -0.15) is 0 Å². The lowest BCUT2D eigenvalue weighted by Gasteiger charge is -2.13. The van der Waals surface area contributed by atoms with Crippen LogP contribution in [0, 0.1) is 0 Å². The molecule has 0 aliphatic carbocycles. The van der Waals surface area contributed by atoms with Gasteiger partial charge in [-0.1, -0.05) is 188 Å². The Bertz CT molecular complexity index is 3280. The van der Waals surface area contributed by atoms with Crippen LogP contribution in [0.3, 0.4) is 0 Å². The molecule has 2 heterocycles. The Balaban J connectivity index is 1.14. The summed E-state index contributed by atoms with van der Waals surface area (Å²) in [6.07, 6.45) is 0. The Morgan fingerprint density at radius 3 is 1.58 bits per heavy atom. The third-order valence-electron chi connectivity index (χ3n) is 10.9. The minimum atomic E-state index is 0.600. The van der Waals surface area contributed by atoms with E-state index in [4.69, 9.17) is 19.4 Å². The number of nitrogens with zero attached hydrogens (tertiary/aromatic N) is 3. The molecule has 4 nitrogen and oxygen atoms in total. The summed E-state index contributed by atoms with van der Waals surface area (Å²) in [5.41, 5.74) is 11.1. The van der Waals surface area contributed by atoms with E-state index in [-0.39, 0.29) is 0 Å². The van der Waals surface area contributed by atoms with E-state index >= 15 is 0 Å². The number of aromatic nitrogens is 3. The lowest BCUT2D eigenvalue weighted by Crippen LogP contribution is -2.01. The van der Waals surface area contributed by atoms with Gasteiger partial charge in [-0.25, -0.2) is 15.0 Å². The highest BCUT2D eigenvalue weighted by molar-refractivity contribution is 6.20. The quantitative estimate of drug-likeness (QED) is 0.171. The molecule has 0 amide bonds. The van der Waals surface area contributed by atoms with E-state index < -0.39 is 0 Å². The second kappa shape index (κ2) is 13.6. The lowest BCUT2D eigenvalue weighted by molar-refractivity contribution is 0.674. The fourth-order valence-electron chi connectivity index (χ4n) is 8.12. The van der Waals surface area contributed by atoms with E-state index in [1.54, 1.807) is 0 Å². The zero-order valence-corrected chi connectivity index (χ0v) is 30.8. The number of rotatable bonds is 6. The van der Waals surface area contributed by atoms with Crippen molar-refractivity contribution in [3.05, 3.63) is 200 Å². The molecule has 0 fully saturated rings. The van der Waals surface area contributed by atoms with Gasteiger partial charge in [-0.05, 0) is 56.1 Å². The van der Waals surface area contributed by atoms with Crippen molar-refractivity contribution in [3.63, 3.8) is 0 Å². The second-order valence-electron chi connectivity index (χ2n) is 14.4. The smallest absolute Gasteiger partial charge is 0.164 e. The maximum absolute atomic E-state index is 6.90. The summed E-state index contributed by atoms with van der Waals surface area (Å²) in [6, 6.07) is 69.8. The summed E-state index contributed by atoms with van der Waals surface area (Å²) >= 11 is 0. The first-order valence-electron chi connectivity index (χ1n) is 19.2. The third kappa shape index (κ3) is 5.74. The molecule has 0 spiro atoms. The largest absolute Gasteiger partial charge is 0.455 e. The summed E-state index contributed by atoms with van der Waals surface area (Å²) in [7, 11) is 0. The summed E-state index contributed by atoms with van der Waals surface area (Å²) in [6.45, 7) is 0. The Morgan fingerprint density at radius 1 is 0.263 bits per heavy atom. The van der Waals surface area contributed by atoms with Gasteiger partial charge in [-0.3, -0.25) is 0 Å². The zero-order valence-electron chi connectivity index (χ0n) is 30.8. The van der Waals surface area contributed by atoms with Crippen LogP contribution < -0.4 is 0 Å². The van der Waals surface area contributed by atoms with Crippen LogP contribution in [0.15, 0.2) is 205 Å².